The highest BCUT2D eigenvalue weighted by Crippen LogP contribution is 2.21. The molecule has 0 saturated carbocycles. The van der Waals surface area contributed by atoms with Crippen molar-refractivity contribution in [3.8, 4) is 5.75 Å². The van der Waals surface area contributed by atoms with Crippen molar-refractivity contribution in [3.63, 3.8) is 0 Å². The number of carbonyl (C=O) groups excluding carboxylic acids is 1. The lowest BCUT2D eigenvalue weighted by Crippen LogP contribution is -2.36. The van der Waals surface area contributed by atoms with E-state index in [0.29, 0.717) is 25.4 Å². The van der Waals surface area contributed by atoms with Crippen molar-refractivity contribution in [2.45, 2.75) is 26.0 Å². The van der Waals surface area contributed by atoms with Crippen LogP contribution in [0.2, 0.25) is 0 Å². The second-order valence-corrected chi connectivity index (χ2v) is 5.88. The first-order chi connectivity index (χ1) is 12.3. The second kappa shape index (κ2) is 6.80. The largest absolute Gasteiger partial charge is 0.484 e. The minimum atomic E-state index is 0.0382. The first-order valence-electron chi connectivity index (χ1n) is 8.18. The Kier molecular flexibility index (Phi) is 4.20. The molecule has 0 radical (unpaired) electrons. The fraction of sp³-hybridized carbons (Fsp3) is 0.278. The molecule has 3 heterocycles. The molecule has 25 heavy (non-hydrogen) atoms. The third kappa shape index (κ3) is 3.55. The molecule has 1 aliphatic heterocycles. The molecule has 0 unspecified atom stereocenters. The smallest absolute Gasteiger partial charge is 0.232 e. The molecule has 3 aromatic rings. The van der Waals surface area contributed by atoms with Gasteiger partial charge in [0.2, 0.25) is 11.8 Å². The normalized spacial score (nSPS) is 13.5. The average Bonchev–Trinajstić information content (AvgIpc) is 3.29. The number of benzene rings is 1. The van der Waals surface area contributed by atoms with Crippen molar-refractivity contribution in [3.05, 3.63) is 65.9 Å². The van der Waals surface area contributed by atoms with Gasteiger partial charge in [-0.2, -0.15) is 0 Å². The number of hydrogen-bond donors (Lipinski definition) is 1. The molecule has 4 rings (SSSR count). The number of aromatic nitrogens is 3. The zero-order valence-corrected chi connectivity index (χ0v) is 13.6. The van der Waals surface area contributed by atoms with Gasteiger partial charge in [0.05, 0.1) is 30.7 Å². The number of nitrogens with zero attached hydrogens (tertiary/aromatic N) is 3. The van der Waals surface area contributed by atoms with Gasteiger partial charge in [0.25, 0.3) is 0 Å². The Morgan fingerprint density at radius 2 is 2.20 bits per heavy atom. The fourth-order valence-electron chi connectivity index (χ4n) is 2.84. The summed E-state index contributed by atoms with van der Waals surface area (Å²) in [5.74, 6) is 2.09. The Hall–Kier alpha value is -3.09. The number of amides is 1. The molecule has 7 nitrogen and oxygen atoms in total. The molecule has 0 bridgehead atoms. The molecule has 0 aliphatic carbocycles. The topological polar surface area (TPSA) is 84.2 Å². The molecular formula is C18H18N4O3. The van der Waals surface area contributed by atoms with Crippen LogP contribution < -0.4 is 4.74 Å². The maximum absolute atomic E-state index is 12.4. The lowest BCUT2D eigenvalue weighted by Gasteiger charge is -2.25. The summed E-state index contributed by atoms with van der Waals surface area (Å²) in [7, 11) is 0. The van der Waals surface area contributed by atoms with Gasteiger partial charge in [0, 0.05) is 19.2 Å². The predicted octanol–water partition coefficient (Wildman–Crippen LogP) is 2.10. The van der Waals surface area contributed by atoms with Gasteiger partial charge >= 0.3 is 0 Å². The van der Waals surface area contributed by atoms with E-state index in [-0.39, 0.29) is 18.9 Å². The summed E-state index contributed by atoms with van der Waals surface area (Å²) >= 11 is 0. The van der Waals surface area contributed by atoms with E-state index in [9.17, 15) is 4.79 Å². The number of rotatable bonds is 5. The van der Waals surface area contributed by atoms with Crippen LogP contribution >= 0.6 is 0 Å². The van der Waals surface area contributed by atoms with Crippen molar-refractivity contribution in [2.75, 3.05) is 6.54 Å². The molecule has 1 N–H and O–H groups in total. The van der Waals surface area contributed by atoms with Gasteiger partial charge in [0.1, 0.15) is 11.5 Å². The van der Waals surface area contributed by atoms with Crippen LogP contribution in [0.1, 0.15) is 23.0 Å². The Bertz CT molecular complexity index is 843. The van der Waals surface area contributed by atoms with E-state index in [1.54, 1.807) is 17.4 Å². The molecule has 7 heteroatoms. The molecule has 1 amide bonds. The van der Waals surface area contributed by atoms with Gasteiger partial charge in [0.15, 0.2) is 6.61 Å². The van der Waals surface area contributed by atoms with E-state index >= 15 is 0 Å². The lowest BCUT2D eigenvalue weighted by atomic mass is 10.1. The Labute approximate surface area is 144 Å². The zero-order chi connectivity index (χ0) is 17.1. The summed E-state index contributed by atoms with van der Waals surface area (Å²) in [6.07, 6.45) is 4.29. The van der Waals surface area contributed by atoms with Crippen molar-refractivity contribution in [2.24, 2.45) is 0 Å². The Morgan fingerprint density at radius 1 is 1.32 bits per heavy atom. The van der Waals surface area contributed by atoms with Crippen LogP contribution in [-0.4, -0.2) is 32.3 Å². The molecule has 128 valence electrons. The molecule has 1 aliphatic rings. The standard InChI is InChI=1S/C18H18N4O3/c23-18(8-13-9-19-12-20-13)22-7-6-15-16(10-22)25-17(21-15)11-24-14-4-2-1-3-5-14/h1-5,9,12H,6-8,10-11H2,(H,19,20). The third-order valence-corrected chi connectivity index (χ3v) is 4.12. The summed E-state index contributed by atoms with van der Waals surface area (Å²) in [6.45, 7) is 1.36. The summed E-state index contributed by atoms with van der Waals surface area (Å²) in [5, 5.41) is 0. The van der Waals surface area contributed by atoms with Gasteiger partial charge in [-0.15, -0.1) is 0 Å². The van der Waals surface area contributed by atoms with Gasteiger partial charge < -0.3 is 19.0 Å². The molecule has 1 aromatic carbocycles. The highest BCUT2D eigenvalue weighted by molar-refractivity contribution is 5.78. The van der Waals surface area contributed by atoms with Crippen molar-refractivity contribution in [1.29, 1.82) is 0 Å². The average molecular weight is 338 g/mol. The monoisotopic (exact) mass is 338 g/mol. The second-order valence-electron chi connectivity index (χ2n) is 5.88. The number of aromatic amines is 1. The number of oxazole rings is 1. The zero-order valence-electron chi connectivity index (χ0n) is 13.6. The quantitative estimate of drug-likeness (QED) is 0.770. The van der Waals surface area contributed by atoms with Gasteiger partial charge in [-0.3, -0.25) is 4.79 Å². The van der Waals surface area contributed by atoms with Crippen molar-refractivity contribution < 1.29 is 13.9 Å². The summed E-state index contributed by atoms with van der Waals surface area (Å²) in [4.78, 5) is 25.6. The van der Waals surface area contributed by atoms with Crippen LogP contribution in [0.3, 0.4) is 0 Å². The molecule has 0 fully saturated rings. The minimum Gasteiger partial charge on any atom is -0.484 e. The number of para-hydroxylation sites is 1. The number of carbonyl (C=O) groups is 1. The van der Waals surface area contributed by atoms with Crippen LogP contribution in [0.4, 0.5) is 0 Å². The van der Waals surface area contributed by atoms with Gasteiger partial charge in [-0.25, -0.2) is 9.97 Å². The van der Waals surface area contributed by atoms with Gasteiger partial charge in [-0.1, -0.05) is 18.2 Å². The molecule has 0 atom stereocenters. The maximum atomic E-state index is 12.4. The van der Waals surface area contributed by atoms with E-state index in [2.05, 4.69) is 15.0 Å². The first-order valence-corrected chi connectivity index (χ1v) is 8.18. The highest BCUT2D eigenvalue weighted by atomic mass is 16.5. The van der Waals surface area contributed by atoms with Gasteiger partial charge in [-0.05, 0) is 12.1 Å². The SMILES string of the molecule is O=C(Cc1c[nH]cn1)N1CCc2nc(COc3ccccc3)oc2C1. The highest BCUT2D eigenvalue weighted by Gasteiger charge is 2.25. The van der Waals surface area contributed by atoms with E-state index in [1.165, 1.54) is 0 Å². The van der Waals surface area contributed by atoms with Crippen LogP contribution in [0.15, 0.2) is 47.3 Å². The van der Waals surface area contributed by atoms with E-state index in [4.69, 9.17) is 9.15 Å². The Balaban J connectivity index is 1.38. The van der Waals surface area contributed by atoms with Crippen LogP contribution in [0.5, 0.6) is 5.75 Å². The van der Waals surface area contributed by atoms with E-state index in [1.807, 2.05) is 30.3 Å². The number of nitrogens with one attached hydrogen (secondary N) is 1. The number of hydrogen-bond acceptors (Lipinski definition) is 5. The van der Waals surface area contributed by atoms with E-state index < -0.39 is 0 Å². The maximum Gasteiger partial charge on any atom is 0.232 e. The summed E-state index contributed by atoms with van der Waals surface area (Å²) in [5.41, 5.74) is 1.65. The van der Waals surface area contributed by atoms with Crippen LogP contribution in [-0.2, 0) is 30.8 Å². The molecular weight excluding hydrogens is 320 g/mol. The fourth-order valence-corrected chi connectivity index (χ4v) is 2.84. The van der Waals surface area contributed by atoms with Crippen molar-refractivity contribution >= 4 is 5.91 Å². The van der Waals surface area contributed by atoms with Crippen molar-refractivity contribution in [1.82, 2.24) is 19.9 Å². The van der Waals surface area contributed by atoms with Crippen LogP contribution in [0, 0.1) is 0 Å². The van der Waals surface area contributed by atoms with Crippen LogP contribution in [0.25, 0.3) is 0 Å². The minimum absolute atomic E-state index is 0.0382. The Morgan fingerprint density at radius 3 is 3.00 bits per heavy atom. The lowest BCUT2D eigenvalue weighted by molar-refractivity contribution is -0.131. The number of H-pyrrole nitrogens is 1. The molecule has 2 aromatic heterocycles. The first kappa shape index (κ1) is 15.4. The molecule has 0 spiro atoms. The molecule has 0 saturated heterocycles. The number of imidazole rings is 1. The summed E-state index contributed by atoms with van der Waals surface area (Å²) in [6, 6.07) is 9.54. The predicted molar refractivity (Wildman–Crippen MR) is 88.7 cm³/mol. The number of fused-ring (bicyclic) bond motifs is 1. The third-order valence-electron chi connectivity index (χ3n) is 4.12. The number of ether oxygens (including phenoxy) is 1. The summed E-state index contributed by atoms with van der Waals surface area (Å²) < 4.78 is 11.5. The van der Waals surface area contributed by atoms with E-state index in [0.717, 1.165) is 22.9 Å².